The van der Waals surface area contributed by atoms with Gasteiger partial charge in [-0.3, -0.25) is 4.79 Å². The molecule has 0 aromatic heterocycles. The zero-order valence-electron chi connectivity index (χ0n) is 7.15. The van der Waals surface area contributed by atoms with E-state index in [1.807, 2.05) is 0 Å². The van der Waals surface area contributed by atoms with Gasteiger partial charge in [-0.15, -0.1) is 0 Å². The molecule has 0 heterocycles. The van der Waals surface area contributed by atoms with Crippen LogP contribution in [0.4, 0.5) is 0 Å². The van der Waals surface area contributed by atoms with E-state index in [-0.39, 0.29) is 12.5 Å². The Bertz CT molecular complexity index is 180. The number of carbonyl (C=O) groups is 2. The molecule has 0 fully saturated rings. The number of carbonyl (C=O) groups excluding carboxylic acids is 1. The summed E-state index contributed by atoms with van der Waals surface area (Å²) in [6.07, 6.45) is -1.19. The van der Waals surface area contributed by atoms with Gasteiger partial charge < -0.3 is 15.1 Å². The number of aliphatic hydroxyl groups excluding tert-OH is 1. The lowest BCUT2D eigenvalue weighted by Gasteiger charge is -2.17. The topological polar surface area (TPSA) is 77.8 Å². The van der Waals surface area contributed by atoms with Crippen molar-refractivity contribution in [1.82, 2.24) is 4.90 Å². The van der Waals surface area contributed by atoms with Crippen LogP contribution in [0.15, 0.2) is 0 Å². The van der Waals surface area contributed by atoms with Gasteiger partial charge in [-0.05, 0) is 0 Å². The molecule has 0 aliphatic rings. The Labute approximate surface area is 70.6 Å². The van der Waals surface area contributed by atoms with Gasteiger partial charge in [0.25, 0.3) is 0 Å². The van der Waals surface area contributed by atoms with E-state index in [0.717, 1.165) is 0 Å². The van der Waals surface area contributed by atoms with Crippen molar-refractivity contribution < 1.29 is 19.8 Å². The third kappa shape index (κ3) is 3.34. The predicted molar refractivity (Wildman–Crippen MR) is 41.6 cm³/mol. The number of carboxylic acid groups (broad SMARTS) is 1. The number of rotatable bonds is 4. The van der Waals surface area contributed by atoms with E-state index in [1.54, 1.807) is 6.92 Å². The van der Waals surface area contributed by atoms with E-state index >= 15 is 0 Å². The largest absolute Gasteiger partial charge is 0.479 e. The van der Waals surface area contributed by atoms with Gasteiger partial charge >= 0.3 is 5.97 Å². The maximum atomic E-state index is 10.9. The molecular weight excluding hydrogens is 162 g/mol. The summed E-state index contributed by atoms with van der Waals surface area (Å²) in [6.45, 7) is 1.51. The van der Waals surface area contributed by atoms with Gasteiger partial charge in [-0.1, -0.05) is 6.92 Å². The average molecular weight is 175 g/mol. The Balaban J connectivity index is 3.91. The molecule has 0 radical (unpaired) electrons. The fourth-order valence-electron chi connectivity index (χ4n) is 0.709. The van der Waals surface area contributed by atoms with Crippen LogP contribution < -0.4 is 0 Å². The third-order valence-corrected chi connectivity index (χ3v) is 1.46. The lowest BCUT2D eigenvalue weighted by atomic mass is 10.3. The molecule has 1 atom stereocenters. The Kier molecular flexibility index (Phi) is 4.28. The molecule has 1 amide bonds. The zero-order valence-corrected chi connectivity index (χ0v) is 7.15. The fraction of sp³-hybridized carbons (Fsp3) is 0.714. The monoisotopic (exact) mass is 175 g/mol. The Hall–Kier alpha value is -1.10. The number of amides is 1. The lowest BCUT2D eigenvalue weighted by Crippen LogP contribution is -2.37. The van der Waals surface area contributed by atoms with Gasteiger partial charge in [0.15, 0.2) is 6.10 Å². The second kappa shape index (κ2) is 4.71. The lowest BCUT2D eigenvalue weighted by molar-refractivity contribution is -0.148. The molecule has 2 N–H and O–H groups in total. The van der Waals surface area contributed by atoms with Crippen LogP contribution >= 0.6 is 0 Å². The van der Waals surface area contributed by atoms with Gasteiger partial charge in [0.1, 0.15) is 0 Å². The molecule has 0 aromatic carbocycles. The summed E-state index contributed by atoms with van der Waals surface area (Å²) < 4.78 is 0. The highest BCUT2D eigenvalue weighted by atomic mass is 16.4. The summed E-state index contributed by atoms with van der Waals surface area (Å²) >= 11 is 0. The van der Waals surface area contributed by atoms with Crippen molar-refractivity contribution in [3.63, 3.8) is 0 Å². The predicted octanol–water partition coefficient (Wildman–Crippen LogP) is -0.700. The van der Waals surface area contributed by atoms with Crippen molar-refractivity contribution in [2.75, 3.05) is 13.6 Å². The van der Waals surface area contributed by atoms with Crippen LogP contribution in [0, 0.1) is 0 Å². The van der Waals surface area contributed by atoms with E-state index in [0.29, 0.717) is 6.42 Å². The van der Waals surface area contributed by atoms with E-state index < -0.39 is 12.1 Å². The van der Waals surface area contributed by atoms with Gasteiger partial charge in [0.2, 0.25) is 5.91 Å². The number of nitrogens with zero attached hydrogens (tertiary/aromatic N) is 1. The number of hydrogen-bond acceptors (Lipinski definition) is 3. The quantitative estimate of drug-likeness (QED) is 0.592. The molecular formula is C7H13NO4. The minimum Gasteiger partial charge on any atom is -0.479 e. The molecule has 0 spiro atoms. The number of hydrogen-bond donors (Lipinski definition) is 2. The fourth-order valence-corrected chi connectivity index (χ4v) is 0.709. The molecule has 0 aromatic rings. The average Bonchev–Trinajstić information content (AvgIpc) is 2.02. The summed E-state index contributed by atoms with van der Waals surface area (Å²) in [5.41, 5.74) is 0. The second-order valence-electron chi connectivity index (χ2n) is 2.48. The summed E-state index contributed by atoms with van der Waals surface area (Å²) in [4.78, 5) is 22.2. The van der Waals surface area contributed by atoms with Crippen LogP contribution in [0.1, 0.15) is 13.3 Å². The zero-order chi connectivity index (χ0) is 9.72. The van der Waals surface area contributed by atoms with E-state index in [2.05, 4.69) is 0 Å². The van der Waals surface area contributed by atoms with Crippen LogP contribution in [0.5, 0.6) is 0 Å². The van der Waals surface area contributed by atoms with Gasteiger partial charge in [-0.25, -0.2) is 4.79 Å². The molecule has 0 unspecified atom stereocenters. The summed E-state index contributed by atoms with van der Waals surface area (Å²) in [7, 11) is 1.46. The molecule has 0 saturated carbocycles. The maximum Gasteiger partial charge on any atom is 0.334 e. The molecule has 5 heteroatoms. The Morgan fingerprint density at radius 1 is 1.50 bits per heavy atom. The van der Waals surface area contributed by atoms with Crippen molar-refractivity contribution in [1.29, 1.82) is 0 Å². The van der Waals surface area contributed by atoms with Crippen LogP contribution in [0.3, 0.4) is 0 Å². The molecule has 0 rings (SSSR count). The number of carboxylic acids is 1. The van der Waals surface area contributed by atoms with Crippen LogP contribution in [-0.2, 0) is 9.59 Å². The van der Waals surface area contributed by atoms with Crippen LogP contribution in [-0.4, -0.2) is 46.7 Å². The normalized spacial score (nSPS) is 12.2. The van der Waals surface area contributed by atoms with Crippen LogP contribution in [0.2, 0.25) is 0 Å². The summed E-state index contributed by atoms with van der Waals surface area (Å²) in [6, 6.07) is 0. The molecule has 0 aliphatic carbocycles. The van der Waals surface area contributed by atoms with Crippen molar-refractivity contribution >= 4 is 11.9 Å². The van der Waals surface area contributed by atoms with Crippen molar-refractivity contribution in [2.24, 2.45) is 0 Å². The maximum absolute atomic E-state index is 10.9. The van der Waals surface area contributed by atoms with E-state index in [4.69, 9.17) is 10.2 Å². The first-order chi connectivity index (χ1) is 5.49. The highest BCUT2D eigenvalue weighted by Gasteiger charge is 2.17. The number of likely N-dealkylation sites (N-methyl/N-ethyl adjacent to an activating group) is 1. The molecule has 5 nitrogen and oxygen atoms in total. The van der Waals surface area contributed by atoms with Crippen molar-refractivity contribution in [3.8, 4) is 0 Å². The molecule has 12 heavy (non-hydrogen) atoms. The SMILES string of the molecule is CCC(=O)N(C)C[C@@H](O)C(=O)O. The van der Waals surface area contributed by atoms with Crippen molar-refractivity contribution in [3.05, 3.63) is 0 Å². The first-order valence-electron chi connectivity index (χ1n) is 3.63. The second-order valence-corrected chi connectivity index (χ2v) is 2.48. The van der Waals surface area contributed by atoms with Gasteiger partial charge in [0, 0.05) is 13.5 Å². The molecule has 0 aliphatic heterocycles. The Morgan fingerprint density at radius 3 is 2.33 bits per heavy atom. The Morgan fingerprint density at radius 2 is 2.00 bits per heavy atom. The highest BCUT2D eigenvalue weighted by Crippen LogP contribution is 1.93. The summed E-state index contributed by atoms with van der Waals surface area (Å²) in [5.74, 6) is -1.50. The van der Waals surface area contributed by atoms with E-state index in [9.17, 15) is 9.59 Å². The first-order valence-corrected chi connectivity index (χ1v) is 3.63. The molecule has 0 saturated heterocycles. The smallest absolute Gasteiger partial charge is 0.334 e. The minimum atomic E-state index is -1.49. The highest BCUT2D eigenvalue weighted by molar-refractivity contribution is 5.77. The summed E-state index contributed by atoms with van der Waals surface area (Å²) in [5, 5.41) is 17.1. The van der Waals surface area contributed by atoms with E-state index in [1.165, 1.54) is 11.9 Å². The third-order valence-electron chi connectivity index (χ3n) is 1.46. The first kappa shape index (κ1) is 10.9. The van der Waals surface area contributed by atoms with Gasteiger partial charge in [0.05, 0.1) is 6.54 Å². The molecule has 0 bridgehead atoms. The minimum absolute atomic E-state index is 0.165. The number of aliphatic carboxylic acids is 1. The standard InChI is InChI=1S/C7H13NO4/c1-3-6(10)8(2)4-5(9)7(11)12/h5,9H,3-4H2,1-2H3,(H,11,12)/t5-/m1/s1. The number of aliphatic hydroxyl groups is 1. The van der Waals surface area contributed by atoms with Crippen molar-refractivity contribution in [2.45, 2.75) is 19.4 Å². The van der Waals surface area contributed by atoms with Crippen LogP contribution in [0.25, 0.3) is 0 Å². The van der Waals surface area contributed by atoms with Gasteiger partial charge in [-0.2, -0.15) is 0 Å². The molecule has 70 valence electrons.